The van der Waals surface area contributed by atoms with Gasteiger partial charge in [0.15, 0.2) is 0 Å². The Morgan fingerprint density at radius 1 is 1.00 bits per heavy atom. The van der Waals surface area contributed by atoms with Gasteiger partial charge in [-0.3, -0.25) is 0 Å². The summed E-state index contributed by atoms with van der Waals surface area (Å²) in [4.78, 5) is 0. The summed E-state index contributed by atoms with van der Waals surface area (Å²) >= 11 is -21.7. The summed E-state index contributed by atoms with van der Waals surface area (Å²) in [5.74, 6) is 0. The Morgan fingerprint density at radius 2 is 1.36 bits per heavy atom. The van der Waals surface area contributed by atoms with Gasteiger partial charge in [-0.1, -0.05) is 0 Å². The van der Waals surface area contributed by atoms with E-state index in [1.54, 1.807) is 0 Å². The van der Waals surface area contributed by atoms with Crippen molar-refractivity contribution in [2.45, 2.75) is 0 Å². The van der Waals surface area contributed by atoms with E-state index in [9.17, 15) is 17.0 Å². The Bertz CT molecular complexity index is 454. The first-order valence-corrected chi connectivity index (χ1v) is 18.3. The summed E-state index contributed by atoms with van der Waals surface area (Å²) in [6.07, 6.45) is 0. The van der Waals surface area contributed by atoms with Crippen molar-refractivity contribution >= 4 is 0 Å². The van der Waals surface area contributed by atoms with E-state index in [0.29, 0.717) is 0 Å². The van der Waals surface area contributed by atoms with Crippen molar-refractivity contribution in [1.82, 2.24) is 0 Å². The van der Waals surface area contributed by atoms with Gasteiger partial charge in [0.2, 0.25) is 0 Å². The van der Waals surface area contributed by atoms with Crippen LogP contribution in [-0.4, -0.2) is 15.0 Å². The van der Waals surface area contributed by atoms with Gasteiger partial charge >= 0.3 is 85.9 Å². The summed E-state index contributed by atoms with van der Waals surface area (Å²) in [5, 5.41) is 0. The van der Waals surface area contributed by atoms with E-state index in [1.807, 2.05) is 0 Å². The Hall–Kier alpha value is 0.825. The van der Waals surface area contributed by atoms with Crippen LogP contribution in [0.3, 0.4) is 0 Å². The molecule has 0 radical (unpaired) electrons. The molecule has 0 fully saturated rings. The van der Waals surface area contributed by atoms with Crippen LogP contribution in [0, 0.1) is 0 Å². The number of hydrogen-bond acceptors (Lipinski definition) is 7. The standard InChI is InChI=1S/4H2O.7O.3W/h4*1H2;;;;;;;;;;/q;;;;;;;;;;;;+1;+3/p-4. The summed E-state index contributed by atoms with van der Waals surface area (Å²) in [6, 6.07) is 0. The van der Waals surface area contributed by atoms with E-state index in [4.69, 9.17) is 15.0 Å². The minimum atomic E-state index is -7.95. The molecule has 14 heavy (non-hydrogen) atoms. The van der Waals surface area contributed by atoms with E-state index in [-0.39, 0.29) is 0 Å². The summed E-state index contributed by atoms with van der Waals surface area (Å²) < 4.78 is 88.9. The van der Waals surface area contributed by atoms with Crippen LogP contribution in [0.5, 0.6) is 0 Å². The quantitative estimate of drug-likeness (QED) is 0.232. The fraction of sp³-hybridized carbons (Fsp3) is 0. The molecular weight excluding hydrogens is 728 g/mol. The van der Waals surface area contributed by atoms with Crippen LogP contribution in [0.15, 0.2) is 0 Å². The molecule has 0 aromatic carbocycles. The average molecular weight is 732 g/mol. The molecule has 0 heterocycles. The number of hydrogen-bond donors (Lipinski definition) is 4. The normalized spacial score (nSPS) is 17.3. The van der Waals surface area contributed by atoms with E-state index in [2.05, 4.69) is 4.09 Å². The summed E-state index contributed by atoms with van der Waals surface area (Å²) in [7, 11) is 0. The van der Waals surface area contributed by atoms with E-state index in [1.165, 1.54) is 0 Å². The predicted octanol–water partition coefficient (Wildman–Crippen LogP) is -2.97. The fourth-order valence-corrected chi connectivity index (χ4v) is 23.0. The van der Waals surface area contributed by atoms with Crippen LogP contribution >= 0.6 is 0 Å². The maximum atomic E-state index is 10.4. The SMILES string of the molecule is [O]=[W](=[O])([OH])[O][W](=[O])(=[O])[O][W](=[O])([OH])([OH])[OH]. The molecule has 0 aliphatic rings. The molecule has 0 aromatic heterocycles. The first-order valence-electron chi connectivity index (χ1n) is 2.23. The van der Waals surface area contributed by atoms with Crippen molar-refractivity contribution < 1.29 is 85.9 Å². The van der Waals surface area contributed by atoms with Crippen molar-refractivity contribution in [2.75, 3.05) is 0 Å². The molecule has 0 rings (SSSR count). The third-order valence-electron chi connectivity index (χ3n) is 0.372. The van der Waals surface area contributed by atoms with Gasteiger partial charge < -0.3 is 0 Å². The van der Waals surface area contributed by atoms with Gasteiger partial charge in [0.1, 0.15) is 0 Å². The van der Waals surface area contributed by atoms with Gasteiger partial charge in [-0.25, -0.2) is 0 Å². The van der Waals surface area contributed by atoms with E-state index in [0.717, 1.165) is 0 Å². The van der Waals surface area contributed by atoms with E-state index >= 15 is 0 Å². The average Bonchev–Trinajstić information content (AvgIpc) is 1.40. The molecule has 4 N–H and O–H groups in total. The van der Waals surface area contributed by atoms with Crippen LogP contribution in [-0.2, 0) is 70.9 Å². The topological polar surface area (TPSA) is 185 Å². The van der Waals surface area contributed by atoms with Crippen LogP contribution < -0.4 is 0 Å². The molecule has 0 saturated heterocycles. The molecule has 88 valence electrons. The molecule has 0 amide bonds. The Balaban J connectivity index is 5.00. The molecule has 0 aliphatic carbocycles. The molecule has 14 heteroatoms. The van der Waals surface area contributed by atoms with E-state index < -0.39 is 49.8 Å². The summed E-state index contributed by atoms with van der Waals surface area (Å²) in [5.41, 5.74) is 0. The maximum absolute atomic E-state index is 10.4. The molecule has 0 spiro atoms. The molecular formula is H4O11W3. The van der Waals surface area contributed by atoms with Crippen molar-refractivity contribution in [3.05, 3.63) is 0 Å². The third-order valence-corrected chi connectivity index (χ3v) is 24.9. The predicted molar refractivity (Wildman–Crippen MR) is 14.5 cm³/mol. The molecule has 11 nitrogen and oxygen atoms in total. The zero-order chi connectivity index (χ0) is 11.9. The van der Waals surface area contributed by atoms with Crippen LogP contribution in [0.2, 0.25) is 0 Å². The second-order valence-corrected chi connectivity index (χ2v) is 22.2. The zero-order valence-corrected chi connectivity index (χ0v) is 14.7. The molecule has 0 aliphatic heterocycles. The Morgan fingerprint density at radius 3 is 1.57 bits per heavy atom. The van der Waals surface area contributed by atoms with Crippen LogP contribution in [0.1, 0.15) is 0 Å². The van der Waals surface area contributed by atoms with Gasteiger partial charge in [0.25, 0.3) is 0 Å². The minimum absolute atomic E-state index is 2.88. The van der Waals surface area contributed by atoms with Crippen LogP contribution in [0.4, 0.5) is 0 Å². The van der Waals surface area contributed by atoms with Gasteiger partial charge in [0.05, 0.1) is 0 Å². The second-order valence-electron chi connectivity index (χ2n) is 1.73. The molecule has 0 unspecified atom stereocenters. The number of rotatable bonds is 4. The summed E-state index contributed by atoms with van der Waals surface area (Å²) in [6.45, 7) is 0. The molecule has 0 aromatic rings. The van der Waals surface area contributed by atoms with Crippen molar-refractivity contribution in [1.29, 1.82) is 0 Å². The van der Waals surface area contributed by atoms with Crippen molar-refractivity contribution in [3.8, 4) is 0 Å². The fourth-order valence-electron chi connectivity index (χ4n) is 0.262. The molecule has 0 bridgehead atoms. The first-order chi connectivity index (χ1) is 5.67. The molecule has 0 saturated carbocycles. The Kier molecular flexibility index (Phi) is 3.91. The third kappa shape index (κ3) is 9.38. The van der Waals surface area contributed by atoms with Gasteiger partial charge in [-0.05, 0) is 0 Å². The van der Waals surface area contributed by atoms with Gasteiger partial charge in [-0.2, -0.15) is 0 Å². The first kappa shape index (κ1) is 14.8. The van der Waals surface area contributed by atoms with Crippen molar-refractivity contribution in [2.24, 2.45) is 0 Å². The van der Waals surface area contributed by atoms with Crippen LogP contribution in [0.25, 0.3) is 0 Å². The Labute approximate surface area is 85.3 Å². The van der Waals surface area contributed by atoms with Crippen molar-refractivity contribution in [3.63, 3.8) is 0 Å². The van der Waals surface area contributed by atoms with Gasteiger partial charge in [-0.15, -0.1) is 0 Å². The van der Waals surface area contributed by atoms with Gasteiger partial charge in [0, 0.05) is 0 Å². The second kappa shape index (κ2) is 3.69. The molecule has 0 atom stereocenters. The monoisotopic (exact) mass is 732 g/mol. The zero-order valence-electron chi connectivity index (χ0n) is 5.87.